The van der Waals surface area contributed by atoms with E-state index < -0.39 is 5.82 Å². The SMILES string of the molecule is Nn1c(SCc2cc3c(cc2Br)OCO3)nnc1-c1ccccc1F. The standard InChI is InChI=1S/C16H12BrFN4O2S/c17-11-6-14-13(23-8-24-14)5-9(11)7-25-16-21-20-15(22(16)19)10-3-1-2-4-12(10)18/h1-6H,7-8,19H2. The first-order valence-electron chi connectivity index (χ1n) is 7.29. The number of benzene rings is 2. The number of aromatic nitrogens is 3. The van der Waals surface area contributed by atoms with Gasteiger partial charge in [-0.1, -0.05) is 39.8 Å². The molecule has 0 radical (unpaired) electrons. The molecule has 2 aromatic carbocycles. The number of fused-ring (bicyclic) bond motifs is 1. The van der Waals surface area contributed by atoms with Gasteiger partial charge in [0.25, 0.3) is 0 Å². The van der Waals surface area contributed by atoms with E-state index >= 15 is 0 Å². The van der Waals surface area contributed by atoms with Crippen molar-refractivity contribution in [3.05, 3.63) is 52.3 Å². The summed E-state index contributed by atoms with van der Waals surface area (Å²) in [6.07, 6.45) is 0. The van der Waals surface area contributed by atoms with E-state index in [0.29, 0.717) is 28.0 Å². The van der Waals surface area contributed by atoms with Gasteiger partial charge in [-0.05, 0) is 29.8 Å². The van der Waals surface area contributed by atoms with Crippen LogP contribution in [0.4, 0.5) is 4.39 Å². The lowest BCUT2D eigenvalue weighted by atomic mass is 10.2. The fourth-order valence-electron chi connectivity index (χ4n) is 2.41. The van der Waals surface area contributed by atoms with Crippen LogP contribution < -0.4 is 15.3 Å². The highest BCUT2D eigenvalue weighted by Crippen LogP contribution is 2.38. The molecule has 0 aliphatic carbocycles. The molecule has 0 bridgehead atoms. The number of ether oxygens (including phenoxy) is 2. The van der Waals surface area contributed by atoms with E-state index in [4.69, 9.17) is 15.3 Å². The number of nitrogens with zero attached hydrogens (tertiary/aromatic N) is 3. The summed E-state index contributed by atoms with van der Waals surface area (Å²) in [6.45, 7) is 0.224. The summed E-state index contributed by atoms with van der Waals surface area (Å²) < 4.78 is 26.9. The quantitative estimate of drug-likeness (QED) is 0.511. The third-order valence-electron chi connectivity index (χ3n) is 3.68. The van der Waals surface area contributed by atoms with Gasteiger partial charge in [-0.15, -0.1) is 10.2 Å². The molecule has 0 unspecified atom stereocenters. The Bertz CT molecular complexity index is 950. The molecular formula is C16H12BrFN4O2S. The molecule has 4 rings (SSSR count). The summed E-state index contributed by atoms with van der Waals surface area (Å²) in [6, 6.07) is 10.1. The minimum absolute atomic E-state index is 0.224. The Morgan fingerprint density at radius 2 is 1.96 bits per heavy atom. The molecule has 3 aromatic rings. The van der Waals surface area contributed by atoms with Crippen molar-refractivity contribution < 1.29 is 13.9 Å². The molecule has 0 amide bonds. The summed E-state index contributed by atoms with van der Waals surface area (Å²) >= 11 is 4.92. The maximum Gasteiger partial charge on any atom is 0.231 e. The fourth-order valence-corrected chi connectivity index (χ4v) is 3.91. The summed E-state index contributed by atoms with van der Waals surface area (Å²) in [5, 5.41) is 8.56. The molecule has 128 valence electrons. The monoisotopic (exact) mass is 422 g/mol. The first-order valence-corrected chi connectivity index (χ1v) is 9.07. The molecule has 1 aliphatic heterocycles. The van der Waals surface area contributed by atoms with Crippen LogP contribution in [0.25, 0.3) is 11.4 Å². The molecular weight excluding hydrogens is 411 g/mol. The largest absolute Gasteiger partial charge is 0.454 e. The number of nitrogens with two attached hydrogens (primary N) is 1. The molecule has 0 spiro atoms. The molecule has 1 aromatic heterocycles. The third-order valence-corrected chi connectivity index (χ3v) is 5.41. The van der Waals surface area contributed by atoms with Gasteiger partial charge in [0.05, 0.1) is 5.56 Å². The van der Waals surface area contributed by atoms with Crippen LogP contribution in [0.1, 0.15) is 5.56 Å². The van der Waals surface area contributed by atoms with Crippen molar-refractivity contribution in [2.45, 2.75) is 10.9 Å². The van der Waals surface area contributed by atoms with E-state index in [1.807, 2.05) is 12.1 Å². The first-order chi connectivity index (χ1) is 12.1. The molecule has 2 N–H and O–H groups in total. The Kier molecular flexibility index (Phi) is 4.26. The highest BCUT2D eigenvalue weighted by molar-refractivity contribution is 9.10. The number of nitrogen functional groups attached to an aromatic ring is 1. The number of hydrogen-bond donors (Lipinski definition) is 1. The maximum atomic E-state index is 13.9. The van der Waals surface area contributed by atoms with Crippen LogP contribution in [0, 0.1) is 5.82 Å². The zero-order chi connectivity index (χ0) is 17.4. The lowest BCUT2D eigenvalue weighted by molar-refractivity contribution is 0.174. The van der Waals surface area contributed by atoms with Crippen molar-refractivity contribution in [1.82, 2.24) is 14.9 Å². The van der Waals surface area contributed by atoms with Crippen molar-refractivity contribution in [3.8, 4) is 22.9 Å². The van der Waals surface area contributed by atoms with Crippen LogP contribution in [0.15, 0.2) is 46.0 Å². The fraction of sp³-hybridized carbons (Fsp3) is 0.125. The summed E-state index contributed by atoms with van der Waals surface area (Å²) in [5.74, 6) is 7.94. The Morgan fingerprint density at radius 1 is 1.20 bits per heavy atom. The van der Waals surface area contributed by atoms with Crippen LogP contribution in [0.2, 0.25) is 0 Å². The van der Waals surface area contributed by atoms with Crippen molar-refractivity contribution in [1.29, 1.82) is 0 Å². The van der Waals surface area contributed by atoms with Gasteiger partial charge in [0.1, 0.15) is 5.82 Å². The van der Waals surface area contributed by atoms with Crippen molar-refractivity contribution in [2.75, 3.05) is 12.6 Å². The van der Waals surface area contributed by atoms with Gasteiger partial charge in [0.15, 0.2) is 17.3 Å². The second-order valence-electron chi connectivity index (χ2n) is 5.24. The third kappa shape index (κ3) is 3.05. The van der Waals surface area contributed by atoms with Gasteiger partial charge < -0.3 is 15.3 Å². The Hall–Kier alpha value is -2.26. The zero-order valence-corrected chi connectivity index (χ0v) is 15.2. The average Bonchev–Trinajstić information content (AvgIpc) is 3.19. The van der Waals surface area contributed by atoms with Crippen LogP contribution >= 0.6 is 27.7 Å². The van der Waals surface area contributed by atoms with Gasteiger partial charge in [0.2, 0.25) is 11.9 Å². The number of rotatable bonds is 4. The van der Waals surface area contributed by atoms with Crippen LogP contribution in [0.3, 0.4) is 0 Å². The molecule has 0 fully saturated rings. The van der Waals surface area contributed by atoms with Gasteiger partial charge in [-0.25, -0.2) is 9.07 Å². The molecule has 6 nitrogen and oxygen atoms in total. The van der Waals surface area contributed by atoms with E-state index in [-0.39, 0.29) is 12.6 Å². The second-order valence-corrected chi connectivity index (χ2v) is 7.04. The smallest absolute Gasteiger partial charge is 0.231 e. The van der Waals surface area contributed by atoms with Crippen molar-refractivity contribution >= 4 is 27.7 Å². The van der Waals surface area contributed by atoms with Crippen molar-refractivity contribution in [2.24, 2.45) is 0 Å². The molecule has 9 heteroatoms. The predicted octanol–water partition coefficient (Wildman–Crippen LogP) is 3.58. The van der Waals surface area contributed by atoms with E-state index in [1.54, 1.807) is 18.2 Å². The summed E-state index contributed by atoms with van der Waals surface area (Å²) in [4.78, 5) is 0. The summed E-state index contributed by atoms with van der Waals surface area (Å²) in [5.41, 5.74) is 1.32. The lowest BCUT2D eigenvalue weighted by Gasteiger charge is -2.07. The van der Waals surface area contributed by atoms with E-state index in [9.17, 15) is 4.39 Å². The zero-order valence-electron chi connectivity index (χ0n) is 12.8. The number of halogens is 2. The normalized spacial score (nSPS) is 12.6. The van der Waals surface area contributed by atoms with Crippen LogP contribution in [-0.4, -0.2) is 21.7 Å². The minimum atomic E-state index is -0.392. The van der Waals surface area contributed by atoms with Gasteiger partial charge >= 0.3 is 0 Å². The average molecular weight is 423 g/mol. The van der Waals surface area contributed by atoms with Gasteiger partial charge in [-0.2, -0.15) is 0 Å². The highest BCUT2D eigenvalue weighted by Gasteiger charge is 2.18. The van der Waals surface area contributed by atoms with Crippen LogP contribution in [-0.2, 0) is 5.75 Å². The van der Waals surface area contributed by atoms with Gasteiger partial charge in [-0.3, -0.25) is 0 Å². The minimum Gasteiger partial charge on any atom is -0.454 e. The van der Waals surface area contributed by atoms with E-state index in [1.165, 1.54) is 22.5 Å². The molecule has 25 heavy (non-hydrogen) atoms. The maximum absolute atomic E-state index is 13.9. The Morgan fingerprint density at radius 3 is 2.76 bits per heavy atom. The number of hydrogen-bond acceptors (Lipinski definition) is 6. The first kappa shape index (κ1) is 16.2. The molecule has 0 atom stereocenters. The molecule has 2 heterocycles. The van der Waals surface area contributed by atoms with Crippen LogP contribution in [0.5, 0.6) is 11.5 Å². The van der Waals surface area contributed by atoms with Gasteiger partial charge in [0, 0.05) is 10.2 Å². The summed E-state index contributed by atoms with van der Waals surface area (Å²) in [7, 11) is 0. The van der Waals surface area contributed by atoms with E-state index in [2.05, 4.69) is 26.1 Å². The highest BCUT2D eigenvalue weighted by atomic mass is 79.9. The van der Waals surface area contributed by atoms with E-state index in [0.717, 1.165) is 10.0 Å². The topological polar surface area (TPSA) is 75.2 Å². The molecule has 0 saturated carbocycles. The Balaban J connectivity index is 1.56. The second kappa shape index (κ2) is 6.57. The van der Waals surface area contributed by atoms with Crippen molar-refractivity contribution in [3.63, 3.8) is 0 Å². The molecule has 1 aliphatic rings. The Labute approximate surface area is 155 Å². The predicted molar refractivity (Wildman–Crippen MR) is 95.4 cm³/mol. The molecule has 0 saturated heterocycles. The lowest BCUT2D eigenvalue weighted by Crippen LogP contribution is -2.12. The number of thioether (sulfide) groups is 1.